The maximum atomic E-state index is 13.0. The second-order valence-electron chi connectivity index (χ2n) is 6.55. The molecule has 0 spiro atoms. The number of rotatable bonds is 4. The van der Waals surface area contributed by atoms with Gasteiger partial charge < -0.3 is 4.74 Å². The van der Waals surface area contributed by atoms with Gasteiger partial charge in [-0.3, -0.25) is 9.48 Å². The second kappa shape index (κ2) is 6.30. The number of carbonyl (C=O) groups is 1. The van der Waals surface area contributed by atoms with Gasteiger partial charge in [-0.25, -0.2) is 0 Å². The molecular formula is C15H23F3N2O2. The van der Waals surface area contributed by atoms with E-state index in [1.807, 2.05) is 6.92 Å². The fraction of sp³-hybridized carbons (Fsp3) is 0.733. The largest absolute Gasteiger partial charge is 0.452 e. The third kappa shape index (κ3) is 4.48. The van der Waals surface area contributed by atoms with Crippen LogP contribution in [0.15, 0.2) is 0 Å². The summed E-state index contributed by atoms with van der Waals surface area (Å²) >= 11 is 0. The van der Waals surface area contributed by atoms with Crippen molar-refractivity contribution in [3.8, 4) is 0 Å². The van der Waals surface area contributed by atoms with Gasteiger partial charge in [-0.15, -0.1) is 0 Å². The van der Waals surface area contributed by atoms with E-state index in [0.29, 0.717) is 6.42 Å². The molecular weight excluding hydrogens is 297 g/mol. The highest BCUT2D eigenvalue weighted by atomic mass is 19.4. The Bertz CT molecular complexity index is 528. The molecule has 0 aromatic carbocycles. The number of aryl methyl sites for hydroxylation is 2. The molecule has 22 heavy (non-hydrogen) atoms. The summed E-state index contributed by atoms with van der Waals surface area (Å²) in [5.41, 5.74) is 1.34. The van der Waals surface area contributed by atoms with E-state index in [9.17, 15) is 18.0 Å². The predicted molar refractivity (Wildman–Crippen MR) is 76.4 cm³/mol. The highest BCUT2D eigenvalue weighted by Gasteiger charge is 2.49. The fourth-order valence-electron chi connectivity index (χ4n) is 2.33. The Morgan fingerprint density at radius 2 is 1.82 bits per heavy atom. The van der Waals surface area contributed by atoms with Crippen LogP contribution in [0.2, 0.25) is 0 Å². The van der Waals surface area contributed by atoms with Crippen molar-refractivity contribution in [2.24, 2.45) is 12.5 Å². The Morgan fingerprint density at radius 1 is 1.27 bits per heavy atom. The molecule has 0 aliphatic carbocycles. The molecule has 126 valence electrons. The van der Waals surface area contributed by atoms with Crippen molar-refractivity contribution in [2.75, 3.05) is 0 Å². The minimum Gasteiger partial charge on any atom is -0.452 e. The monoisotopic (exact) mass is 320 g/mol. The van der Waals surface area contributed by atoms with Crippen LogP contribution < -0.4 is 0 Å². The van der Waals surface area contributed by atoms with Crippen molar-refractivity contribution in [3.05, 3.63) is 17.0 Å². The molecule has 0 radical (unpaired) electrons. The van der Waals surface area contributed by atoms with Gasteiger partial charge >= 0.3 is 12.1 Å². The summed E-state index contributed by atoms with van der Waals surface area (Å²) < 4.78 is 45.3. The van der Waals surface area contributed by atoms with Crippen LogP contribution in [0.5, 0.6) is 0 Å². The smallest absolute Gasteiger partial charge is 0.426 e. The fourth-order valence-corrected chi connectivity index (χ4v) is 2.33. The lowest BCUT2D eigenvalue weighted by molar-refractivity contribution is -0.244. The molecule has 1 aromatic rings. The summed E-state index contributed by atoms with van der Waals surface area (Å²) in [6.07, 6.45) is -6.47. The van der Waals surface area contributed by atoms with Crippen molar-refractivity contribution in [3.63, 3.8) is 0 Å². The van der Waals surface area contributed by atoms with Gasteiger partial charge in [0, 0.05) is 24.6 Å². The van der Waals surface area contributed by atoms with E-state index in [1.54, 1.807) is 18.7 Å². The number of hydrogen-bond donors (Lipinski definition) is 0. The van der Waals surface area contributed by atoms with Gasteiger partial charge in [-0.1, -0.05) is 20.8 Å². The van der Waals surface area contributed by atoms with Crippen molar-refractivity contribution in [1.29, 1.82) is 0 Å². The molecule has 1 rings (SSSR count). The van der Waals surface area contributed by atoms with E-state index >= 15 is 0 Å². The van der Waals surface area contributed by atoms with Crippen molar-refractivity contribution >= 4 is 5.97 Å². The molecule has 0 saturated carbocycles. The van der Waals surface area contributed by atoms with Gasteiger partial charge in [-0.2, -0.15) is 18.3 Å². The zero-order valence-corrected chi connectivity index (χ0v) is 13.8. The van der Waals surface area contributed by atoms with E-state index in [4.69, 9.17) is 4.74 Å². The van der Waals surface area contributed by atoms with E-state index in [-0.39, 0.29) is 6.42 Å². The van der Waals surface area contributed by atoms with Gasteiger partial charge in [0.15, 0.2) is 0 Å². The SMILES string of the molecule is Cc1nn(C)c(C)c1CCC(=O)O[C@H](C(C)(C)C)C(F)(F)F. The Labute approximate surface area is 128 Å². The lowest BCUT2D eigenvalue weighted by Crippen LogP contribution is -2.43. The van der Waals surface area contributed by atoms with Crippen LogP contribution in [-0.2, 0) is 23.0 Å². The number of carbonyl (C=O) groups excluding carboxylic acids is 1. The van der Waals surface area contributed by atoms with E-state index in [0.717, 1.165) is 17.0 Å². The van der Waals surface area contributed by atoms with Gasteiger partial charge in [0.05, 0.1) is 5.69 Å². The third-order valence-corrected chi connectivity index (χ3v) is 3.57. The summed E-state index contributed by atoms with van der Waals surface area (Å²) in [7, 11) is 1.78. The Hall–Kier alpha value is -1.53. The highest BCUT2D eigenvalue weighted by molar-refractivity contribution is 5.70. The van der Waals surface area contributed by atoms with Gasteiger partial charge in [0.25, 0.3) is 0 Å². The van der Waals surface area contributed by atoms with Gasteiger partial charge in [-0.05, 0) is 25.8 Å². The van der Waals surface area contributed by atoms with Crippen LogP contribution >= 0.6 is 0 Å². The minimum atomic E-state index is -4.58. The molecule has 0 amide bonds. The Morgan fingerprint density at radius 3 is 2.18 bits per heavy atom. The molecule has 0 aliphatic heterocycles. The number of alkyl halides is 3. The average Bonchev–Trinajstić information content (AvgIpc) is 2.55. The second-order valence-corrected chi connectivity index (χ2v) is 6.55. The van der Waals surface area contributed by atoms with Crippen LogP contribution in [0.1, 0.15) is 44.1 Å². The van der Waals surface area contributed by atoms with Gasteiger partial charge in [0.1, 0.15) is 0 Å². The first-order valence-corrected chi connectivity index (χ1v) is 7.09. The molecule has 0 bridgehead atoms. The first-order chi connectivity index (χ1) is 9.84. The van der Waals surface area contributed by atoms with E-state index in [2.05, 4.69) is 5.10 Å². The number of hydrogen-bond acceptors (Lipinski definition) is 3. The molecule has 0 fully saturated rings. The summed E-state index contributed by atoms with van der Waals surface area (Å²) in [6.45, 7) is 7.85. The molecule has 0 saturated heterocycles. The number of ether oxygens (including phenoxy) is 1. The summed E-state index contributed by atoms with van der Waals surface area (Å²) in [5, 5.41) is 4.21. The number of halogens is 3. The van der Waals surface area contributed by atoms with Crippen LogP contribution in [0.25, 0.3) is 0 Å². The first-order valence-electron chi connectivity index (χ1n) is 7.09. The van der Waals surface area contributed by atoms with Crippen molar-refractivity contribution < 1.29 is 22.7 Å². The molecule has 1 atom stereocenters. The van der Waals surface area contributed by atoms with Crippen molar-refractivity contribution in [2.45, 2.75) is 59.7 Å². The molecule has 4 nitrogen and oxygen atoms in total. The lowest BCUT2D eigenvalue weighted by atomic mass is 9.88. The number of esters is 1. The van der Waals surface area contributed by atoms with E-state index in [1.165, 1.54) is 20.8 Å². The van der Waals surface area contributed by atoms with Crippen LogP contribution in [0.4, 0.5) is 13.2 Å². The van der Waals surface area contributed by atoms with Crippen molar-refractivity contribution in [1.82, 2.24) is 9.78 Å². The molecule has 0 N–H and O–H groups in total. The zero-order chi connectivity index (χ0) is 17.3. The standard InChI is InChI=1S/C15H23F3N2O2/c1-9-11(10(2)20(6)19-9)7-8-12(21)22-13(14(3,4)5)15(16,17)18/h13H,7-8H2,1-6H3/t13-/m1/s1. The molecule has 0 aliphatic rings. The number of aromatic nitrogens is 2. The molecule has 7 heteroatoms. The molecule has 1 heterocycles. The predicted octanol–water partition coefficient (Wildman–Crippen LogP) is 3.49. The first kappa shape index (κ1) is 18.5. The maximum Gasteiger partial charge on any atom is 0.426 e. The summed E-state index contributed by atoms with van der Waals surface area (Å²) in [4.78, 5) is 11.8. The Kier molecular flexibility index (Phi) is 5.30. The Balaban J connectivity index is 2.73. The third-order valence-electron chi connectivity index (χ3n) is 3.57. The quantitative estimate of drug-likeness (QED) is 0.798. The average molecular weight is 320 g/mol. The molecule has 0 unspecified atom stereocenters. The summed E-state index contributed by atoms with van der Waals surface area (Å²) in [6, 6.07) is 0. The van der Waals surface area contributed by atoms with Crippen LogP contribution in [0, 0.1) is 19.3 Å². The minimum absolute atomic E-state index is 0.101. The molecule has 1 aromatic heterocycles. The summed E-state index contributed by atoms with van der Waals surface area (Å²) in [5.74, 6) is -0.847. The van der Waals surface area contributed by atoms with E-state index < -0.39 is 23.7 Å². The maximum absolute atomic E-state index is 13.0. The van der Waals surface area contributed by atoms with Gasteiger partial charge in [0.2, 0.25) is 6.10 Å². The zero-order valence-electron chi connectivity index (χ0n) is 13.8. The topological polar surface area (TPSA) is 44.1 Å². The highest BCUT2D eigenvalue weighted by Crippen LogP contribution is 2.36. The normalized spacial score (nSPS) is 14.0. The van der Waals surface area contributed by atoms with Crippen LogP contribution in [0.3, 0.4) is 0 Å². The van der Waals surface area contributed by atoms with Crippen LogP contribution in [-0.4, -0.2) is 28.0 Å². The number of nitrogens with zero attached hydrogens (tertiary/aromatic N) is 2. The lowest BCUT2D eigenvalue weighted by Gasteiger charge is -2.31.